The lowest BCUT2D eigenvalue weighted by Gasteiger charge is -2.03. The number of para-hydroxylation sites is 1. The maximum atomic E-state index is 12.0. The number of H-pyrrole nitrogens is 1. The van der Waals surface area contributed by atoms with Gasteiger partial charge in [-0.3, -0.25) is 4.79 Å². The summed E-state index contributed by atoms with van der Waals surface area (Å²) in [7, 11) is 0. The molecular formula is C16H11N3O. The second kappa shape index (κ2) is 4.98. The predicted octanol–water partition coefficient (Wildman–Crippen LogP) is 2.66. The van der Waals surface area contributed by atoms with E-state index in [0.717, 1.165) is 11.1 Å². The van der Waals surface area contributed by atoms with Gasteiger partial charge < -0.3 is 4.98 Å². The molecule has 0 aliphatic heterocycles. The Morgan fingerprint density at radius 3 is 2.60 bits per heavy atom. The first-order valence-electron chi connectivity index (χ1n) is 6.23. The van der Waals surface area contributed by atoms with Crippen molar-refractivity contribution in [2.24, 2.45) is 0 Å². The highest BCUT2D eigenvalue weighted by Gasteiger charge is 2.05. The van der Waals surface area contributed by atoms with Crippen molar-refractivity contribution in [2.45, 2.75) is 6.42 Å². The Hall–Kier alpha value is -2.93. The minimum atomic E-state index is -0.147. The monoisotopic (exact) mass is 261 g/mol. The number of nitrogens with zero attached hydrogens (tertiary/aromatic N) is 2. The van der Waals surface area contributed by atoms with E-state index in [9.17, 15) is 4.79 Å². The van der Waals surface area contributed by atoms with Crippen LogP contribution in [0.25, 0.3) is 22.3 Å². The van der Waals surface area contributed by atoms with Gasteiger partial charge in [-0.25, -0.2) is 4.98 Å². The molecular weight excluding hydrogens is 250 g/mol. The van der Waals surface area contributed by atoms with Gasteiger partial charge in [-0.15, -0.1) is 0 Å². The van der Waals surface area contributed by atoms with Crippen LogP contribution in [0.2, 0.25) is 0 Å². The molecule has 2 aromatic carbocycles. The molecule has 0 atom stereocenters. The highest BCUT2D eigenvalue weighted by Crippen LogP contribution is 2.17. The summed E-state index contributed by atoms with van der Waals surface area (Å²) in [5, 5.41) is 9.23. The van der Waals surface area contributed by atoms with Crippen LogP contribution >= 0.6 is 0 Å². The Bertz CT molecular complexity index is 857. The number of fused-ring (bicyclic) bond motifs is 1. The molecule has 3 aromatic rings. The standard InChI is InChI=1S/C16H11N3O/c17-10-9-11-5-7-12(8-6-11)15-18-14-4-2-1-3-13(14)16(20)19-15/h1-8H,9H2,(H,18,19,20). The van der Waals surface area contributed by atoms with Crippen LogP contribution in [0.4, 0.5) is 0 Å². The summed E-state index contributed by atoms with van der Waals surface area (Å²) in [5.41, 5.74) is 2.30. The summed E-state index contributed by atoms with van der Waals surface area (Å²) in [5.74, 6) is 0.539. The van der Waals surface area contributed by atoms with Gasteiger partial charge in [0.05, 0.1) is 23.4 Å². The number of rotatable bonds is 2. The maximum Gasteiger partial charge on any atom is 0.259 e. The van der Waals surface area contributed by atoms with Crippen molar-refractivity contribution in [3.05, 3.63) is 64.4 Å². The zero-order valence-corrected chi connectivity index (χ0v) is 10.6. The van der Waals surface area contributed by atoms with Crippen LogP contribution in [0.5, 0.6) is 0 Å². The second-order valence-electron chi connectivity index (χ2n) is 4.46. The fourth-order valence-electron chi connectivity index (χ4n) is 2.09. The number of aromatic nitrogens is 2. The lowest BCUT2D eigenvalue weighted by Crippen LogP contribution is -2.09. The zero-order valence-electron chi connectivity index (χ0n) is 10.6. The first-order valence-corrected chi connectivity index (χ1v) is 6.23. The molecule has 4 heteroatoms. The molecule has 0 unspecified atom stereocenters. The third-order valence-electron chi connectivity index (χ3n) is 3.12. The van der Waals surface area contributed by atoms with Crippen LogP contribution < -0.4 is 5.56 Å². The second-order valence-corrected chi connectivity index (χ2v) is 4.46. The molecule has 1 aromatic heterocycles. The summed E-state index contributed by atoms with van der Waals surface area (Å²) < 4.78 is 0. The van der Waals surface area contributed by atoms with Gasteiger partial charge in [-0.2, -0.15) is 5.26 Å². The van der Waals surface area contributed by atoms with Crippen LogP contribution in [0.3, 0.4) is 0 Å². The lowest BCUT2D eigenvalue weighted by atomic mass is 10.1. The average Bonchev–Trinajstić information content (AvgIpc) is 2.48. The van der Waals surface area contributed by atoms with E-state index in [1.54, 1.807) is 6.07 Å². The third-order valence-corrected chi connectivity index (χ3v) is 3.12. The summed E-state index contributed by atoms with van der Waals surface area (Å²) >= 11 is 0. The van der Waals surface area contributed by atoms with Crippen LogP contribution in [0.1, 0.15) is 5.56 Å². The smallest absolute Gasteiger partial charge is 0.259 e. The minimum absolute atomic E-state index is 0.147. The number of nitriles is 1. The van der Waals surface area contributed by atoms with Crippen molar-refractivity contribution >= 4 is 10.9 Å². The molecule has 0 saturated carbocycles. The SMILES string of the molecule is N#CCc1ccc(-c2nc3ccccc3c(=O)[nH]2)cc1. The molecule has 0 aliphatic rings. The van der Waals surface area contributed by atoms with Crippen molar-refractivity contribution in [2.75, 3.05) is 0 Å². The molecule has 4 nitrogen and oxygen atoms in total. The number of hydrogen-bond donors (Lipinski definition) is 1. The Kier molecular flexibility index (Phi) is 3.02. The van der Waals surface area contributed by atoms with Gasteiger partial charge in [0.2, 0.25) is 0 Å². The van der Waals surface area contributed by atoms with E-state index in [2.05, 4.69) is 16.0 Å². The number of benzene rings is 2. The predicted molar refractivity (Wildman–Crippen MR) is 77.1 cm³/mol. The quantitative estimate of drug-likeness (QED) is 0.771. The van der Waals surface area contributed by atoms with Gasteiger partial charge in [0.15, 0.2) is 0 Å². The molecule has 0 aliphatic carbocycles. The van der Waals surface area contributed by atoms with Gasteiger partial charge in [0, 0.05) is 5.56 Å². The molecule has 1 heterocycles. The van der Waals surface area contributed by atoms with Crippen LogP contribution in [-0.4, -0.2) is 9.97 Å². The molecule has 1 N–H and O–H groups in total. The summed E-state index contributed by atoms with van der Waals surface area (Å²) in [6.45, 7) is 0. The third kappa shape index (κ3) is 2.17. The first-order chi connectivity index (χ1) is 9.78. The van der Waals surface area contributed by atoms with E-state index in [4.69, 9.17) is 5.26 Å². The van der Waals surface area contributed by atoms with Crippen molar-refractivity contribution in [1.29, 1.82) is 5.26 Å². The van der Waals surface area contributed by atoms with Crippen LogP contribution in [0.15, 0.2) is 53.3 Å². The van der Waals surface area contributed by atoms with Gasteiger partial charge in [-0.05, 0) is 17.7 Å². The molecule has 0 spiro atoms. The van der Waals surface area contributed by atoms with E-state index in [1.165, 1.54) is 0 Å². The average molecular weight is 261 g/mol. The van der Waals surface area contributed by atoms with E-state index < -0.39 is 0 Å². The van der Waals surface area contributed by atoms with Crippen molar-refractivity contribution in [3.63, 3.8) is 0 Å². The minimum Gasteiger partial charge on any atom is -0.306 e. The number of nitrogens with one attached hydrogen (secondary N) is 1. The van der Waals surface area contributed by atoms with Crippen LogP contribution in [0, 0.1) is 11.3 Å². The Labute approximate surface area is 115 Å². The fourth-order valence-corrected chi connectivity index (χ4v) is 2.09. The van der Waals surface area contributed by atoms with E-state index >= 15 is 0 Å². The lowest BCUT2D eigenvalue weighted by molar-refractivity contribution is 1.17. The normalized spacial score (nSPS) is 10.3. The molecule has 0 fully saturated rings. The van der Waals surface area contributed by atoms with E-state index in [-0.39, 0.29) is 5.56 Å². The fraction of sp³-hybridized carbons (Fsp3) is 0.0625. The molecule has 0 bridgehead atoms. The van der Waals surface area contributed by atoms with Crippen LogP contribution in [-0.2, 0) is 6.42 Å². The maximum absolute atomic E-state index is 12.0. The van der Waals surface area contributed by atoms with Crippen molar-refractivity contribution < 1.29 is 0 Å². The topological polar surface area (TPSA) is 69.5 Å². The van der Waals surface area contributed by atoms with E-state index in [1.807, 2.05) is 42.5 Å². The molecule has 96 valence electrons. The summed E-state index contributed by atoms with van der Waals surface area (Å²) in [6, 6.07) is 16.8. The highest BCUT2D eigenvalue weighted by atomic mass is 16.1. The summed E-state index contributed by atoms with van der Waals surface area (Å²) in [4.78, 5) is 19.3. The molecule has 20 heavy (non-hydrogen) atoms. The Morgan fingerprint density at radius 1 is 1.10 bits per heavy atom. The van der Waals surface area contributed by atoms with Gasteiger partial charge >= 0.3 is 0 Å². The highest BCUT2D eigenvalue weighted by molar-refractivity contribution is 5.79. The molecule has 0 saturated heterocycles. The van der Waals surface area contributed by atoms with Gasteiger partial charge in [-0.1, -0.05) is 36.4 Å². The number of aromatic amines is 1. The molecule has 0 amide bonds. The Balaban J connectivity index is 2.10. The van der Waals surface area contributed by atoms with Crippen molar-refractivity contribution in [3.8, 4) is 17.5 Å². The Morgan fingerprint density at radius 2 is 1.85 bits per heavy atom. The van der Waals surface area contributed by atoms with E-state index in [0.29, 0.717) is 23.1 Å². The number of hydrogen-bond acceptors (Lipinski definition) is 3. The first kappa shape index (κ1) is 12.1. The largest absolute Gasteiger partial charge is 0.306 e. The van der Waals surface area contributed by atoms with Gasteiger partial charge in [0.1, 0.15) is 5.82 Å². The molecule has 0 radical (unpaired) electrons. The van der Waals surface area contributed by atoms with Gasteiger partial charge in [0.25, 0.3) is 5.56 Å². The zero-order chi connectivity index (χ0) is 13.9. The summed E-state index contributed by atoms with van der Waals surface area (Å²) in [6.07, 6.45) is 0.377. The van der Waals surface area contributed by atoms with Crippen molar-refractivity contribution in [1.82, 2.24) is 9.97 Å². The molecule has 3 rings (SSSR count).